The largest absolute Gasteiger partial charge is 0.462 e. The molecule has 6 heteroatoms. The molecular formula is C59H114O6. The molecule has 2 atom stereocenters. The van der Waals surface area contributed by atoms with Crippen LogP contribution < -0.4 is 0 Å². The van der Waals surface area contributed by atoms with Gasteiger partial charge in [-0.1, -0.05) is 297 Å². The fourth-order valence-corrected chi connectivity index (χ4v) is 9.07. The maximum atomic E-state index is 12.8. The van der Waals surface area contributed by atoms with E-state index in [4.69, 9.17) is 14.2 Å². The monoisotopic (exact) mass is 919 g/mol. The van der Waals surface area contributed by atoms with Crippen LogP contribution in [0.25, 0.3) is 0 Å². The molecule has 0 aliphatic rings. The van der Waals surface area contributed by atoms with Gasteiger partial charge in [0.15, 0.2) is 6.10 Å². The van der Waals surface area contributed by atoms with Crippen LogP contribution in [0.4, 0.5) is 0 Å². The lowest BCUT2D eigenvalue weighted by Crippen LogP contribution is -2.30. The lowest BCUT2D eigenvalue weighted by Gasteiger charge is -2.18. The van der Waals surface area contributed by atoms with Crippen LogP contribution in [0.1, 0.15) is 336 Å². The molecule has 1 unspecified atom stereocenters. The van der Waals surface area contributed by atoms with Gasteiger partial charge in [0.1, 0.15) is 13.2 Å². The third-order valence-corrected chi connectivity index (χ3v) is 13.9. The number of carbonyl (C=O) groups is 3. The van der Waals surface area contributed by atoms with E-state index in [9.17, 15) is 14.4 Å². The number of ether oxygens (including phenoxy) is 3. The first kappa shape index (κ1) is 63.4. The van der Waals surface area contributed by atoms with Gasteiger partial charge in [-0.25, -0.2) is 0 Å². The number of hydrogen-bond donors (Lipinski definition) is 0. The lowest BCUT2D eigenvalue weighted by molar-refractivity contribution is -0.167. The molecule has 0 radical (unpaired) electrons. The minimum atomic E-state index is -0.762. The molecule has 6 nitrogen and oxygen atoms in total. The molecule has 0 saturated carbocycles. The molecule has 65 heavy (non-hydrogen) atoms. The van der Waals surface area contributed by atoms with Gasteiger partial charge in [-0.3, -0.25) is 14.4 Å². The molecule has 0 aromatic carbocycles. The van der Waals surface area contributed by atoms with Gasteiger partial charge in [-0.15, -0.1) is 0 Å². The third kappa shape index (κ3) is 51.6. The molecule has 0 bridgehead atoms. The van der Waals surface area contributed by atoms with Crippen molar-refractivity contribution in [2.45, 2.75) is 342 Å². The summed E-state index contributed by atoms with van der Waals surface area (Å²) in [5, 5.41) is 0. The number of carbonyl (C=O) groups excluding carboxylic acids is 3. The highest BCUT2D eigenvalue weighted by atomic mass is 16.6. The van der Waals surface area contributed by atoms with E-state index in [-0.39, 0.29) is 31.1 Å². The average molecular weight is 920 g/mol. The van der Waals surface area contributed by atoms with E-state index in [0.29, 0.717) is 19.3 Å². The number of hydrogen-bond acceptors (Lipinski definition) is 6. The van der Waals surface area contributed by atoms with Gasteiger partial charge in [0.25, 0.3) is 0 Å². The molecule has 0 spiro atoms. The Labute approximate surface area is 406 Å². The summed E-state index contributed by atoms with van der Waals surface area (Å²) in [4.78, 5) is 38.1. The molecule has 0 aromatic rings. The summed E-state index contributed by atoms with van der Waals surface area (Å²) in [6.07, 6.45) is 58.0. The first-order valence-corrected chi connectivity index (χ1v) is 29.4. The minimum Gasteiger partial charge on any atom is -0.462 e. The minimum absolute atomic E-state index is 0.0617. The highest BCUT2D eigenvalue weighted by Gasteiger charge is 2.19. The van der Waals surface area contributed by atoms with E-state index in [1.807, 2.05) is 0 Å². The molecule has 0 aliphatic carbocycles. The maximum Gasteiger partial charge on any atom is 0.306 e. The van der Waals surface area contributed by atoms with Crippen molar-refractivity contribution in [1.29, 1.82) is 0 Å². The van der Waals surface area contributed by atoms with Crippen LogP contribution in [0.3, 0.4) is 0 Å². The fourth-order valence-electron chi connectivity index (χ4n) is 9.07. The van der Waals surface area contributed by atoms with Crippen LogP contribution in [0, 0.1) is 5.92 Å². The standard InChI is InChI=1S/C59H114O6/c1-5-8-10-12-14-16-18-20-22-28-32-36-40-44-48-52-59(62)65-56(53-63-57(60)50-46-42-38-34-30-26-21-19-17-15-13-11-9-6-2)54-64-58(61)51-47-43-39-35-31-27-24-23-25-29-33-37-41-45-49-55(4)7-3/h55-56H,5-54H2,1-4H3/t55?,56-/m1/s1. The average Bonchev–Trinajstić information content (AvgIpc) is 3.30. The number of rotatable bonds is 54. The van der Waals surface area contributed by atoms with Gasteiger partial charge in [0.2, 0.25) is 0 Å². The first-order valence-electron chi connectivity index (χ1n) is 29.4. The van der Waals surface area contributed by atoms with Crippen molar-refractivity contribution in [2.75, 3.05) is 13.2 Å². The zero-order valence-corrected chi connectivity index (χ0v) is 44.5. The molecule has 0 amide bonds. The molecule has 386 valence electrons. The lowest BCUT2D eigenvalue weighted by atomic mass is 9.99. The Morgan fingerprint density at radius 2 is 0.538 bits per heavy atom. The van der Waals surface area contributed by atoms with Gasteiger partial charge in [0.05, 0.1) is 0 Å². The quantitative estimate of drug-likeness (QED) is 0.0344. The maximum absolute atomic E-state index is 12.8. The summed E-state index contributed by atoms with van der Waals surface area (Å²) in [5.41, 5.74) is 0. The van der Waals surface area contributed by atoms with E-state index < -0.39 is 6.10 Å². The highest BCUT2D eigenvalue weighted by Crippen LogP contribution is 2.18. The Morgan fingerprint density at radius 1 is 0.308 bits per heavy atom. The predicted molar refractivity (Wildman–Crippen MR) is 280 cm³/mol. The van der Waals surface area contributed by atoms with Gasteiger partial charge >= 0.3 is 17.9 Å². The van der Waals surface area contributed by atoms with E-state index in [0.717, 1.165) is 63.7 Å². The van der Waals surface area contributed by atoms with Crippen LogP contribution in [-0.2, 0) is 28.6 Å². The Bertz CT molecular complexity index is 982. The molecule has 0 heterocycles. The van der Waals surface area contributed by atoms with Crippen LogP contribution >= 0.6 is 0 Å². The van der Waals surface area contributed by atoms with E-state index in [1.54, 1.807) is 0 Å². The van der Waals surface area contributed by atoms with Crippen molar-refractivity contribution < 1.29 is 28.6 Å². The second-order valence-electron chi connectivity index (χ2n) is 20.5. The smallest absolute Gasteiger partial charge is 0.306 e. The summed E-state index contributed by atoms with van der Waals surface area (Å²) < 4.78 is 16.9. The Morgan fingerprint density at radius 3 is 0.800 bits per heavy atom. The number of unbranched alkanes of at least 4 members (excludes halogenated alkanes) is 40. The molecular weight excluding hydrogens is 805 g/mol. The molecule has 0 fully saturated rings. The Kier molecular flexibility index (Phi) is 52.1. The summed E-state index contributed by atoms with van der Waals surface area (Å²) in [6.45, 7) is 9.10. The molecule has 0 aromatic heterocycles. The second kappa shape index (κ2) is 53.4. The normalized spacial score (nSPS) is 12.4. The first-order chi connectivity index (χ1) is 31.9. The molecule has 0 N–H and O–H groups in total. The second-order valence-corrected chi connectivity index (χ2v) is 20.5. The highest BCUT2D eigenvalue weighted by molar-refractivity contribution is 5.71. The Hall–Kier alpha value is -1.59. The van der Waals surface area contributed by atoms with E-state index in [2.05, 4.69) is 27.7 Å². The van der Waals surface area contributed by atoms with Crippen LogP contribution in [0.2, 0.25) is 0 Å². The topological polar surface area (TPSA) is 78.9 Å². The third-order valence-electron chi connectivity index (χ3n) is 13.9. The zero-order valence-electron chi connectivity index (χ0n) is 44.5. The van der Waals surface area contributed by atoms with Crippen molar-refractivity contribution in [3.8, 4) is 0 Å². The van der Waals surface area contributed by atoms with Crippen molar-refractivity contribution in [3.63, 3.8) is 0 Å². The van der Waals surface area contributed by atoms with Crippen molar-refractivity contribution in [1.82, 2.24) is 0 Å². The van der Waals surface area contributed by atoms with Gasteiger partial charge in [-0.2, -0.15) is 0 Å². The van der Waals surface area contributed by atoms with Gasteiger partial charge in [0, 0.05) is 19.3 Å². The SMILES string of the molecule is CCCCCCCCCCCCCCCCCC(=O)O[C@H](COC(=O)CCCCCCCCCCCCCCCC)COC(=O)CCCCCCCCCCCCCCCCC(C)CC. The van der Waals surface area contributed by atoms with Crippen molar-refractivity contribution in [2.24, 2.45) is 5.92 Å². The summed E-state index contributed by atoms with van der Waals surface area (Å²) in [7, 11) is 0. The van der Waals surface area contributed by atoms with Gasteiger partial charge in [-0.05, 0) is 25.2 Å². The number of esters is 3. The molecule has 0 rings (SSSR count). The fraction of sp³-hybridized carbons (Fsp3) is 0.949. The van der Waals surface area contributed by atoms with Crippen LogP contribution in [0.5, 0.6) is 0 Å². The Balaban J connectivity index is 4.29. The summed E-state index contributed by atoms with van der Waals surface area (Å²) in [6, 6.07) is 0. The zero-order chi connectivity index (χ0) is 47.4. The summed E-state index contributed by atoms with van der Waals surface area (Å²) >= 11 is 0. The molecule has 0 saturated heterocycles. The van der Waals surface area contributed by atoms with Gasteiger partial charge < -0.3 is 14.2 Å². The predicted octanol–water partition coefficient (Wildman–Crippen LogP) is 19.4. The van der Waals surface area contributed by atoms with E-state index >= 15 is 0 Å². The summed E-state index contributed by atoms with van der Waals surface area (Å²) in [5.74, 6) is 0.0624. The van der Waals surface area contributed by atoms with E-state index in [1.165, 1.54) is 231 Å². The van der Waals surface area contributed by atoms with Crippen molar-refractivity contribution in [3.05, 3.63) is 0 Å². The van der Waals surface area contributed by atoms with Crippen molar-refractivity contribution >= 4 is 17.9 Å². The van der Waals surface area contributed by atoms with Crippen LogP contribution in [0.15, 0.2) is 0 Å². The molecule has 0 aliphatic heterocycles. The van der Waals surface area contributed by atoms with Crippen LogP contribution in [-0.4, -0.2) is 37.2 Å².